The molecule has 0 radical (unpaired) electrons. The maximum atomic E-state index is 13.1. The van der Waals surface area contributed by atoms with Crippen LogP contribution in [0.1, 0.15) is 69.7 Å². The summed E-state index contributed by atoms with van der Waals surface area (Å²) in [7, 11) is 3.13. The number of piperidine rings is 1. The summed E-state index contributed by atoms with van der Waals surface area (Å²) in [5, 5.41) is 8.71. The zero-order chi connectivity index (χ0) is 32.9. The SMILES string of the molecule is CCCCN1CCC(Oc2ccc(C(=O)Nc3ccc(Oc4ccc(NC(=O)NC(CC)CC)cc4OC)cc3)cc2OC)CC1. The van der Waals surface area contributed by atoms with Crippen LogP contribution in [0.2, 0.25) is 0 Å². The molecule has 0 spiro atoms. The molecule has 1 saturated heterocycles. The number of unbranched alkanes of at least 4 members (excludes halogenated alkanes) is 1. The lowest BCUT2D eigenvalue weighted by molar-refractivity contribution is 0.0971. The van der Waals surface area contributed by atoms with Gasteiger partial charge in [-0.2, -0.15) is 0 Å². The lowest BCUT2D eigenvalue weighted by atomic mass is 10.1. The number of amides is 3. The highest BCUT2D eigenvalue weighted by Crippen LogP contribution is 2.35. The summed E-state index contributed by atoms with van der Waals surface area (Å²) in [4.78, 5) is 27.9. The van der Waals surface area contributed by atoms with Crippen molar-refractivity contribution in [2.24, 2.45) is 0 Å². The Hall–Kier alpha value is -4.44. The molecule has 3 amide bonds. The predicted molar refractivity (Wildman–Crippen MR) is 182 cm³/mol. The molecule has 1 heterocycles. The molecule has 0 aromatic heterocycles. The Morgan fingerprint density at radius 1 is 0.804 bits per heavy atom. The van der Waals surface area contributed by atoms with E-state index in [0.717, 1.165) is 45.3 Å². The quantitative estimate of drug-likeness (QED) is 0.157. The Labute approximate surface area is 272 Å². The van der Waals surface area contributed by atoms with Crippen LogP contribution in [0.15, 0.2) is 60.7 Å². The molecule has 10 heteroatoms. The highest BCUT2D eigenvalue weighted by Gasteiger charge is 2.22. The van der Waals surface area contributed by atoms with Crippen LogP contribution in [0.25, 0.3) is 0 Å². The van der Waals surface area contributed by atoms with Gasteiger partial charge in [-0.15, -0.1) is 0 Å². The van der Waals surface area contributed by atoms with Gasteiger partial charge in [-0.1, -0.05) is 27.2 Å². The largest absolute Gasteiger partial charge is 0.493 e. The average Bonchev–Trinajstić information content (AvgIpc) is 3.08. The molecule has 0 saturated carbocycles. The number of methoxy groups -OCH3 is 2. The predicted octanol–water partition coefficient (Wildman–Crippen LogP) is 7.70. The van der Waals surface area contributed by atoms with E-state index in [4.69, 9.17) is 18.9 Å². The number of urea groups is 1. The molecule has 0 bridgehead atoms. The first-order chi connectivity index (χ1) is 22.3. The Bertz CT molecular complexity index is 1420. The number of hydrogen-bond acceptors (Lipinski definition) is 7. The molecule has 4 rings (SSSR count). The van der Waals surface area contributed by atoms with Gasteiger partial charge >= 0.3 is 6.03 Å². The lowest BCUT2D eigenvalue weighted by Gasteiger charge is -2.32. The van der Waals surface area contributed by atoms with Gasteiger partial charge in [0.25, 0.3) is 5.91 Å². The van der Waals surface area contributed by atoms with Gasteiger partial charge in [0.1, 0.15) is 11.9 Å². The van der Waals surface area contributed by atoms with Crippen LogP contribution in [-0.2, 0) is 0 Å². The monoisotopic (exact) mass is 632 g/mol. The molecule has 1 fully saturated rings. The Morgan fingerprint density at radius 2 is 1.46 bits per heavy atom. The third-order valence-corrected chi connectivity index (χ3v) is 8.16. The van der Waals surface area contributed by atoms with Gasteiger partial charge in [0.15, 0.2) is 23.0 Å². The Kier molecular flexibility index (Phi) is 13.0. The molecular formula is C36H48N4O6. The number of carbonyl (C=O) groups is 2. The van der Waals surface area contributed by atoms with Crippen LogP contribution in [0.3, 0.4) is 0 Å². The molecule has 10 nitrogen and oxygen atoms in total. The minimum atomic E-state index is -0.265. The molecule has 248 valence electrons. The number of anilines is 2. The van der Waals surface area contributed by atoms with Crippen molar-refractivity contribution in [2.75, 3.05) is 44.5 Å². The number of ether oxygens (including phenoxy) is 4. The molecular weight excluding hydrogens is 584 g/mol. The Morgan fingerprint density at radius 3 is 2.11 bits per heavy atom. The van der Waals surface area contributed by atoms with E-state index in [0.29, 0.717) is 45.7 Å². The van der Waals surface area contributed by atoms with Crippen LogP contribution in [0, 0.1) is 0 Å². The van der Waals surface area contributed by atoms with Crippen molar-refractivity contribution in [1.82, 2.24) is 10.2 Å². The summed E-state index contributed by atoms with van der Waals surface area (Å²) in [6.45, 7) is 9.51. The van der Waals surface area contributed by atoms with Gasteiger partial charge in [0.05, 0.1) is 14.2 Å². The molecule has 0 atom stereocenters. The molecule has 0 unspecified atom stereocenters. The number of likely N-dealkylation sites (tertiary alicyclic amines) is 1. The smallest absolute Gasteiger partial charge is 0.319 e. The van der Waals surface area contributed by atoms with Crippen LogP contribution < -0.4 is 34.9 Å². The molecule has 46 heavy (non-hydrogen) atoms. The van der Waals surface area contributed by atoms with Gasteiger partial charge in [-0.05, 0) is 93.2 Å². The number of nitrogens with one attached hydrogen (secondary N) is 3. The summed E-state index contributed by atoms with van der Waals surface area (Å²) in [6, 6.07) is 17.4. The van der Waals surface area contributed by atoms with Crippen LogP contribution >= 0.6 is 0 Å². The molecule has 1 aliphatic heterocycles. The van der Waals surface area contributed by atoms with Gasteiger partial charge < -0.3 is 39.8 Å². The van der Waals surface area contributed by atoms with Crippen molar-refractivity contribution < 1.29 is 28.5 Å². The minimum Gasteiger partial charge on any atom is -0.493 e. The number of hydrogen-bond donors (Lipinski definition) is 3. The zero-order valence-corrected chi connectivity index (χ0v) is 27.7. The van der Waals surface area contributed by atoms with Gasteiger partial charge in [0, 0.05) is 42.1 Å². The van der Waals surface area contributed by atoms with Crippen molar-refractivity contribution in [3.63, 3.8) is 0 Å². The second kappa shape index (κ2) is 17.3. The van der Waals surface area contributed by atoms with Crippen molar-refractivity contribution in [2.45, 2.75) is 71.4 Å². The van der Waals surface area contributed by atoms with Crippen molar-refractivity contribution >= 4 is 23.3 Å². The summed E-state index contributed by atoms with van der Waals surface area (Å²) in [5.41, 5.74) is 1.66. The second-order valence-electron chi connectivity index (χ2n) is 11.4. The van der Waals surface area contributed by atoms with E-state index in [2.05, 4.69) is 27.8 Å². The molecule has 3 aromatic rings. The van der Waals surface area contributed by atoms with E-state index >= 15 is 0 Å². The first-order valence-corrected chi connectivity index (χ1v) is 16.3. The highest BCUT2D eigenvalue weighted by atomic mass is 16.5. The fourth-order valence-corrected chi connectivity index (χ4v) is 5.33. The first-order valence-electron chi connectivity index (χ1n) is 16.3. The maximum absolute atomic E-state index is 13.1. The topological polar surface area (TPSA) is 110 Å². The number of carbonyl (C=O) groups excluding carboxylic acids is 2. The van der Waals surface area contributed by atoms with Crippen molar-refractivity contribution in [3.05, 3.63) is 66.2 Å². The van der Waals surface area contributed by atoms with E-state index < -0.39 is 0 Å². The maximum Gasteiger partial charge on any atom is 0.319 e. The summed E-state index contributed by atoms with van der Waals surface area (Å²) in [6.07, 6.45) is 6.23. The fraction of sp³-hybridized carbons (Fsp3) is 0.444. The van der Waals surface area contributed by atoms with Gasteiger partial charge in [0.2, 0.25) is 0 Å². The zero-order valence-electron chi connectivity index (χ0n) is 27.7. The highest BCUT2D eigenvalue weighted by molar-refractivity contribution is 6.04. The van der Waals surface area contributed by atoms with E-state index in [1.807, 2.05) is 19.9 Å². The van der Waals surface area contributed by atoms with E-state index in [1.54, 1.807) is 68.8 Å². The number of benzene rings is 3. The van der Waals surface area contributed by atoms with Crippen LogP contribution in [0.5, 0.6) is 28.7 Å². The van der Waals surface area contributed by atoms with Crippen molar-refractivity contribution in [1.29, 1.82) is 0 Å². The minimum absolute atomic E-state index is 0.119. The molecule has 0 aliphatic carbocycles. The third-order valence-electron chi connectivity index (χ3n) is 8.16. The first kappa shape index (κ1) is 34.4. The van der Waals surface area contributed by atoms with E-state index in [-0.39, 0.29) is 24.1 Å². The van der Waals surface area contributed by atoms with E-state index in [9.17, 15) is 9.59 Å². The summed E-state index contributed by atoms with van der Waals surface area (Å²) in [5.74, 6) is 2.44. The average molecular weight is 633 g/mol. The second-order valence-corrected chi connectivity index (χ2v) is 11.4. The van der Waals surface area contributed by atoms with Gasteiger partial charge in [-0.25, -0.2) is 4.79 Å². The summed E-state index contributed by atoms with van der Waals surface area (Å²) >= 11 is 0. The normalized spacial score (nSPS) is 13.6. The van der Waals surface area contributed by atoms with Crippen LogP contribution in [0.4, 0.5) is 16.2 Å². The molecule has 3 aromatic carbocycles. The van der Waals surface area contributed by atoms with Crippen LogP contribution in [-0.4, -0.2) is 62.8 Å². The van der Waals surface area contributed by atoms with E-state index in [1.165, 1.54) is 12.8 Å². The molecule has 1 aliphatic rings. The Balaban J connectivity index is 1.32. The summed E-state index contributed by atoms with van der Waals surface area (Å²) < 4.78 is 23.4. The number of rotatable bonds is 15. The molecule has 3 N–H and O–H groups in total. The fourth-order valence-electron chi connectivity index (χ4n) is 5.33. The van der Waals surface area contributed by atoms with Gasteiger partial charge in [-0.3, -0.25) is 4.79 Å². The third kappa shape index (κ3) is 9.78. The lowest BCUT2D eigenvalue weighted by Crippen LogP contribution is -2.38. The van der Waals surface area contributed by atoms with Crippen molar-refractivity contribution in [3.8, 4) is 28.7 Å². The standard InChI is InChI=1S/C36H48N4O6/c1-6-9-20-40-21-18-30(19-22-40)46-31-16-10-25(23-33(31)43-4)35(41)37-27-11-14-29(15-12-27)45-32-17-13-28(24-34(32)44-5)39-36(42)38-26(7-2)8-3/h10-17,23-24,26,30H,6-9,18-22H2,1-5H3,(H,37,41)(H2,38,39,42). The number of nitrogens with zero attached hydrogens (tertiary/aromatic N) is 1.